The van der Waals surface area contributed by atoms with Gasteiger partial charge in [0.05, 0.1) is 11.5 Å². The smallest absolute Gasteiger partial charge is 0.434 e. The molecule has 0 spiro atoms. The Balaban J connectivity index is 1.55. The molecule has 0 bridgehead atoms. The number of nitrogens with zero attached hydrogens (tertiary/aromatic N) is 2. The van der Waals surface area contributed by atoms with Crippen LogP contribution >= 0.6 is 0 Å². The minimum Gasteiger partial charge on any atom is -0.494 e. The molecule has 0 aliphatic heterocycles. The number of sulfonamides is 1. The number of hydrogen-bond donors (Lipinski definition) is 2. The maximum atomic E-state index is 13.2. The molecule has 258 valence electrons. The molecule has 46 heavy (non-hydrogen) atoms. The normalized spacial score (nSPS) is 12.1. The SMILES string of the molecule is CC(C)(C)OC(=O)CCCCCCCCCCCCCCCOc1ccc(S(=O)(=O)Nc2ncc(C(=O)O)c(C(F)(F)F)n2)cc1. The molecule has 0 unspecified atom stereocenters. The number of hydrogen-bond acceptors (Lipinski definition) is 8. The zero-order valence-corrected chi connectivity index (χ0v) is 27.6. The highest BCUT2D eigenvalue weighted by molar-refractivity contribution is 7.92. The van der Waals surface area contributed by atoms with Crippen molar-refractivity contribution >= 4 is 27.9 Å². The molecule has 2 rings (SSSR count). The van der Waals surface area contributed by atoms with Crippen LogP contribution in [0, 0.1) is 0 Å². The first-order chi connectivity index (χ1) is 21.6. The molecule has 1 aromatic carbocycles. The number of nitrogens with one attached hydrogen (secondary N) is 1. The second-order valence-electron chi connectivity index (χ2n) is 12.1. The zero-order chi connectivity index (χ0) is 34.2. The van der Waals surface area contributed by atoms with Crippen LogP contribution in [0.4, 0.5) is 19.1 Å². The number of carbonyl (C=O) groups is 2. The molecule has 2 N–H and O–H groups in total. The lowest BCUT2D eigenvalue weighted by Gasteiger charge is -2.19. The largest absolute Gasteiger partial charge is 0.494 e. The highest BCUT2D eigenvalue weighted by Gasteiger charge is 2.38. The van der Waals surface area contributed by atoms with Crippen molar-refractivity contribution in [2.24, 2.45) is 0 Å². The molecule has 0 saturated carbocycles. The fourth-order valence-corrected chi connectivity index (χ4v) is 5.55. The molecule has 2 aromatic rings. The van der Waals surface area contributed by atoms with Gasteiger partial charge in [-0.05, 0) is 57.9 Å². The number of anilines is 1. The summed E-state index contributed by atoms with van der Waals surface area (Å²) < 4.78 is 77.6. The number of unbranched alkanes of at least 4 members (excludes halogenated alkanes) is 12. The Bertz CT molecular complexity index is 1350. The summed E-state index contributed by atoms with van der Waals surface area (Å²) in [6.45, 7) is 6.11. The summed E-state index contributed by atoms with van der Waals surface area (Å²) in [5, 5.41) is 8.93. The van der Waals surface area contributed by atoms with Gasteiger partial charge >= 0.3 is 18.1 Å². The number of aromatic carboxylic acids is 1. The molecule has 1 aromatic heterocycles. The van der Waals surface area contributed by atoms with Crippen LogP contribution in [-0.2, 0) is 25.7 Å². The van der Waals surface area contributed by atoms with Gasteiger partial charge in [-0.25, -0.2) is 27.9 Å². The molecule has 0 radical (unpaired) electrons. The Morgan fingerprint density at radius 3 is 1.80 bits per heavy atom. The van der Waals surface area contributed by atoms with Crippen molar-refractivity contribution in [2.45, 2.75) is 127 Å². The minimum atomic E-state index is -5.12. The summed E-state index contributed by atoms with van der Waals surface area (Å²) in [6, 6.07) is 5.35. The summed E-state index contributed by atoms with van der Waals surface area (Å²) in [5.74, 6) is -2.46. The third-order valence-corrected chi connectivity index (χ3v) is 8.21. The number of alkyl halides is 3. The Labute approximate surface area is 269 Å². The third-order valence-electron chi connectivity index (χ3n) is 6.86. The number of benzene rings is 1. The van der Waals surface area contributed by atoms with Crippen molar-refractivity contribution in [3.05, 3.63) is 41.7 Å². The van der Waals surface area contributed by atoms with Crippen molar-refractivity contribution in [3.8, 4) is 5.75 Å². The number of carboxylic acid groups (broad SMARTS) is 1. The van der Waals surface area contributed by atoms with E-state index in [1.165, 1.54) is 62.8 Å². The predicted octanol–water partition coefficient (Wildman–Crippen LogP) is 8.18. The lowest BCUT2D eigenvalue weighted by Crippen LogP contribution is -2.23. The number of ether oxygens (including phenoxy) is 2. The van der Waals surface area contributed by atoms with Gasteiger partial charge in [0, 0.05) is 12.6 Å². The summed E-state index contributed by atoms with van der Waals surface area (Å²) in [6.07, 6.45) is 10.4. The highest BCUT2D eigenvalue weighted by atomic mass is 32.2. The molecular weight excluding hydrogens is 627 g/mol. The summed E-state index contributed by atoms with van der Waals surface area (Å²) in [7, 11) is -4.34. The van der Waals surface area contributed by atoms with Gasteiger partial charge in [0.25, 0.3) is 10.0 Å². The van der Waals surface area contributed by atoms with Gasteiger partial charge in [0.2, 0.25) is 5.95 Å². The molecule has 14 heteroatoms. The van der Waals surface area contributed by atoms with E-state index in [2.05, 4.69) is 9.97 Å². The van der Waals surface area contributed by atoms with Crippen LogP contribution in [-0.4, -0.2) is 47.6 Å². The van der Waals surface area contributed by atoms with E-state index in [0.717, 1.165) is 44.9 Å². The van der Waals surface area contributed by atoms with Gasteiger partial charge in [0.1, 0.15) is 16.9 Å². The van der Waals surface area contributed by atoms with E-state index in [0.29, 0.717) is 25.0 Å². The topological polar surface area (TPSA) is 145 Å². The number of carboxylic acids is 1. The lowest BCUT2D eigenvalue weighted by atomic mass is 10.0. The standard InChI is InChI=1S/C32H46F3N3O7S/c1-31(2,3)45-27(39)17-15-13-11-9-7-5-4-6-8-10-12-14-16-22-44-24-18-20-25(21-19-24)46(42,43)38-30-36-23-26(29(40)41)28(37-30)32(33,34)35/h18-21,23H,4-17,22H2,1-3H3,(H,40,41)(H,36,37,38). The Kier molecular flexibility index (Phi) is 15.7. The molecule has 0 aliphatic carbocycles. The predicted molar refractivity (Wildman–Crippen MR) is 167 cm³/mol. The van der Waals surface area contributed by atoms with Crippen molar-refractivity contribution in [1.29, 1.82) is 0 Å². The Morgan fingerprint density at radius 2 is 1.33 bits per heavy atom. The maximum Gasteiger partial charge on any atom is 0.434 e. The van der Waals surface area contributed by atoms with Crippen LogP contribution in [0.25, 0.3) is 0 Å². The third kappa shape index (κ3) is 15.2. The van der Waals surface area contributed by atoms with Crippen LogP contribution in [0.3, 0.4) is 0 Å². The van der Waals surface area contributed by atoms with Crippen LogP contribution in [0.1, 0.15) is 127 Å². The van der Waals surface area contributed by atoms with Crippen molar-refractivity contribution in [1.82, 2.24) is 9.97 Å². The van der Waals surface area contributed by atoms with E-state index >= 15 is 0 Å². The molecule has 0 fully saturated rings. The molecule has 1 heterocycles. The second kappa shape index (κ2) is 18.7. The fourth-order valence-electron chi connectivity index (χ4n) is 4.60. The van der Waals surface area contributed by atoms with E-state index in [-0.39, 0.29) is 10.9 Å². The molecule has 0 atom stereocenters. The van der Waals surface area contributed by atoms with E-state index in [1.807, 2.05) is 25.5 Å². The van der Waals surface area contributed by atoms with Crippen LogP contribution < -0.4 is 9.46 Å². The number of rotatable bonds is 21. The Morgan fingerprint density at radius 1 is 0.826 bits per heavy atom. The van der Waals surface area contributed by atoms with E-state index in [1.54, 1.807) is 0 Å². The van der Waals surface area contributed by atoms with Gasteiger partial charge in [-0.3, -0.25) is 4.79 Å². The average molecular weight is 674 g/mol. The monoisotopic (exact) mass is 673 g/mol. The molecule has 0 amide bonds. The number of esters is 1. The maximum absolute atomic E-state index is 13.2. The van der Waals surface area contributed by atoms with Gasteiger partial charge in [-0.1, -0.05) is 70.6 Å². The zero-order valence-electron chi connectivity index (χ0n) is 26.8. The van der Waals surface area contributed by atoms with Crippen molar-refractivity contribution < 1.29 is 45.8 Å². The highest BCUT2D eigenvalue weighted by Crippen LogP contribution is 2.31. The second-order valence-corrected chi connectivity index (χ2v) is 13.8. The van der Waals surface area contributed by atoms with Gasteiger partial charge in [-0.15, -0.1) is 0 Å². The van der Waals surface area contributed by atoms with Gasteiger partial charge in [-0.2, -0.15) is 13.2 Å². The number of aromatic nitrogens is 2. The van der Waals surface area contributed by atoms with Gasteiger partial charge < -0.3 is 14.6 Å². The van der Waals surface area contributed by atoms with E-state index < -0.39 is 45.0 Å². The minimum absolute atomic E-state index is 0.114. The first kappa shape index (κ1) is 38.8. The summed E-state index contributed by atoms with van der Waals surface area (Å²) >= 11 is 0. The van der Waals surface area contributed by atoms with Crippen molar-refractivity contribution in [2.75, 3.05) is 11.3 Å². The molecule has 0 aliphatic rings. The average Bonchev–Trinajstić information content (AvgIpc) is 2.95. The lowest BCUT2D eigenvalue weighted by molar-refractivity contribution is -0.155. The van der Waals surface area contributed by atoms with Crippen molar-refractivity contribution in [3.63, 3.8) is 0 Å². The quantitative estimate of drug-likeness (QED) is 0.0990. The first-order valence-corrected chi connectivity index (χ1v) is 17.2. The number of halogens is 3. The molecule has 0 saturated heterocycles. The van der Waals surface area contributed by atoms with Crippen LogP contribution in [0.2, 0.25) is 0 Å². The van der Waals surface area contributed by atoms with Crippen LogP contribution in [0.5, 0.6) is 5.75 Å². The van der Waals surface area contributed by atoms with E-state index in [4.69, 9.17) is 14.6 Å². The van der Waals surface area contributed by atoms with E-state index in [9.17, 15) is 31.2 Å². The fraction of sp³-hybridized carbons (Fsp3) is 0.625. The molecule has 10 nitrogen and oxygen atoms in total. The van der Waals surface area contributed by atoms with Gasteiger partial charge in [0.15, 0.2) is 5.69 Å². The Hall–Kier alpha value is -3.42. The number of carbonyl (C=O) groups excluding carboxylic acids is 1. The molecular formula is C32H46F3N3O7S. The summed E-state index contributed by atoms with van der Waals surface area (Å²) in [5.41, 5.74) is -3.37. The van der Waals surface area contributed by atoms with Crippen LogP contribution in [0.15, 0.2) is 35.4 Å². The summed E-state index contributed by atoms with van der Waals surface area (Å²) in [4.78, 5) is 28.9. The first-order valence-electron chi connectivity index (χ1n) is 15.7.